The van der Waals surface area contributed by atoms with Gasteiger partial charge in [0.15, 0.2) is 0 Å². The fourth-order valence-electron chi connectivity index (χ4n) is 2.79. The first-order valence-corrected chi connectivity index (χ1v) is 6.07. The van der Waals surface area contributed by atoms with Crippen LogP contribution < -0.4 is 10.5 Å². The molecule has 2 unspecified atom stereocenters. The highest BCUT2D eigenvalue weighted by molar-refractivity contribution is 5.33. The number of hydrogen-bond acceptors (Lipinski definition) is 2. The van der Waals surface area contributed by atoms with Gasteiger partial charge in [-0.1, -0.05) is 31.9 Å². The molecular weight excluding hydrogens is 198 g/mol. The van der Waals surface area contributed by atoms with Gasteiger partial charge >= 0.3 is 0 Å². The van der Waals surface area contributed by atoms with Gasteiger partial charge in [-0.05, 0) is 36.5 Å². The predicted molar refractivity (Wildman–Crippen MR) is 66.5 cm³/mol. The molecule has 1 fully saturated rings. The molecule has 1 saturated carbocycles. The van der Waals surface area contributed by atoms with Gasteiger partial charge < -0.3 is 10.5 Å². The minimum atomic E-state index is -0.147. The van der Waals surface area contributed by atoms with Gasteiger partial charge in [0, 0.05) is 5.54 Å². The maximum absolute atomic E-state index is 6.54. The molecule has 0 heterocycles. The Morgan fingerprint density at radius 3 is 2.94 bits per heavy atom. The van der Waals surface area contributed by atoms with Gasteiger partial charge in [0.2, 0.25) is 0 Å². The maximum Gasteiger partial charge on any atom is 0.119 e. The van der Waals surface area contributed by atoms with E-state index in [9.17, 15) is 0 Å². The third kappa shape index (κ3) is 2.22. The molecule has 2 rings (SSSR count). The smallest absolute Gasteiger partial charge is 0.119 e. The zero-order valence-corrected chi connectivity index (χ0v) is 10.2. The molecule has 0 spiro atoms. The normalized spacial score (nSPS) is 30.1. The zero-order valence-electron chi connectivity index (χ0n) is 10.2. The van der Waals surface area contributed by atoms with Crippen LogP contribution in [0.3, 0.4) is 0 Å². The van der Waals surface area contributed by atoms with Gasteiger partial charge in [-0.15, -0.1) is 0 Å². The monoisotopic (exact) mass is 219 g/mol. The van der Waals surface area contributed by atoms with Gasteiger partial charge in [-0.25, -0.2) is 0 Å². The van der Waals surface area contributed by atoms with Crippen LogP contribution in [-0.4, -0.2) is 7.11 Å². The van der Waals surface area contributed by atoms with Crippen LogP contribution in [0.5, 0.6) is 5.75 Å². The number of benzene rings is 1. The Kier molecular flexibility index (Phi) is 3.20. The highest BCUT2D eigenvalue weighted by atomic mass is 16.5. The second-order valence-corrected chi connectivity index (χ2v) is 5.09. The van der Waals surface area contributed by atoms with Gasteiger partial charge in [0.05, 0.1) is 7.11 Å². The summed E-state index contributed by atoms with van der Waals surface area (Å²) in [7, 11) is 1.70. The van der Waals surface area contributed by atoms with Crippen molar-refractivity contribution in [1.82, 2.24) is 0 Å². The van der Waals surface area contributed by atoms with E-state index in [4.69, 9.17) is 10.5 Å². The molecule has 1 aliphatic rings. The molecule has 1 aromatic rings. The van der Waals surface area contributed by atoms with Crippen LogP contribution in [0.1, 0.15) is 38.2 Å². The Labute approximate surface area is 97.8 Å². The van der Waals surface area contributed by atoms with Crippen molar-refractivity contribution in [2.75, 3.05) is 7.11 Å². The van der Waals surface area contributed by atoms with E-state index in [0.29, 0.717) is 0 Å². The highest BCUT2D eigenvalue weighted by Crippen LogP contribution is 2.38. The first-order valence-electron chi connectivity index (χ1n) is 6.07. The lowest BCUT2D eigenvalue weighted by Crippen LogP contribution is -2.40. The molecule has 2 nitrogen and oxygen atoms in total. The van der Waals surface area contributed by atoms with E-state index < -0.39 is 0 Å². The second-order valence-electron chi connectivity index (χ2n) is 5.09. The summed E-state index contributed by atoms with van der Waals surface area (Å²) in [4.78, 5) is 0. The average Bonchev–Trinajstić information content (AvgIpc) is 2.29. The van der Waals surface area contributed by atoms with Gasteiger partial charge in [0.1, 0.15) is 5.75 Å². The Balaban J connectivity index is 2.27. The van der Waals surface area contributed by atoms with E-state index in [-0.39, 0.29) is 5.54 Å². The highest BCUT2D eigenvalue weighted by Gasteiger charge is 2.32. The number of hydrogen-bond donors (Lipinski definition) is 1. The maximum atomic E-state index is 6.54. The quantitative estimate of drug-likeness (QED) is 0.829. The van der Waals surface area contributed by atoms with Gasteiger partial charge in [0.25, 0.3) is 0 Å². The third-order valence-electron chi connectivity index (χ3n) is 3.68. The summed E-state index contributed by atoms with van der Waals surface area (Å²) in [6.45, 7) is 2.29. The van der Waals surface area contributed by atoms with Crippen molar-refractivity contribution in [3.63, 3.8) is 0 Å². The summed E-state index contributed by atoms with van der Waals surface area (Å²) in [6, 6.07) is 8.21. The largest absolute Gasteiger partial charge is 0.497 e. The van der Waals surface area contributed by atoms with E-state index in [2.05, 4.69) is 19.1 Å². The standard InChI is InChI=1S/C14H21NO/c1-11-5-4-8-14(15,10-11)12-6-3-7-13(9-12)16-2/h3,6-7,9,11H,4-5,8,10,15H2,1-2H3. The summed E-state index contributed by atoms with van der Waals surface area (Å²) in [6.07, 6.45) is 4.71. The lowest BCUT2D eigenvalue weighted by molar-refractivity contribution is 0.238. The second kappa shape index (κ2) is 4.46. The van der Waals surface area contributed by atoms with Crippen molar-refractivity contribution in [1.29, 1.82) is 0 Å². The molecule has 16 heavy (non-hydrogen) atoms. The topological polar surface area (TPSA) is 35.2 Å². The van der Waals surface area contributed by atoms with Crippen molar-refractivity contribution in [2.45, 2.75) is 38.1 Å². The van der Waals surface area contributed by atoms with Crippen LogP contribution in [0.4, 0.5) is 0 Å². The first-order chi connectivity index (χ1) is 7.64. The molecule has 88 valence electrons. The molecule has 0 aromatic heterocycles. The third-order valence-corrected chi connectivity index (χ3v) is 3.68. The molecule has 2 atom stereocenters. The van der Waals surface area contributed by atoms with Crippen LogP contribution >= 0.6 is 0 Å². The van der Waals surface area contributed by atoms with E-state index in [1.54, 1.807) is 7.11 Å². The number of methoxy groups -OCH3 is 1. The van der Waals surface area contributed by atoms with Gasteiger partial charge in [-0.3, -0.25) is 0 Å². The molecule has 0 saturated heterocycles. The summed E-state index contributed by atoms with van der Waals surface area (Å²) in [5.74, 6) is 1.63. The number of nitrogens with two attached hydrogens (primary N) is 1. The Hall–Kier alpha value is -1.02. The van der Waals surface area contributed by atoms with E-state index in [1.165, 1.54) is 18.4 Å². The minimum absolute atomic E-state index is 0.147. The molecule has 1 aromatic carbocycles. The first kappa shape index (κ1) is 11.5. The van der Waals surface area contributed by atoms with Crippen LogP contribution in [-0.2, 0) is 5.54 Å². The fourth-order valence-corrected chi connectivity index (χ4v) is 2.79. The van der Waals surface area contributed by atoms with Crippen molar-refractivity contribution < 1.29 is 4.74 Å². The molecule has 2 heteroatoms. The lowest BCUT2D eigenvalue weighted by Gasteiger charge is -2.37. The minimum Gasteiger partial charge on any atom is -0.497 e. The van der Waals surface area contributed by atoms with Crippen molar-refractivity contribution in [3.05, 3.63) is 29.8 Å². The molecule has 0 bridgehead atoms. The molecule has 0 radical (unpaired) electrons. The Bertz CT molecular complexity index is 364. The van der Waals surface area contributed by atoms with Crippen LogP contribution in [0.15, 0.2) is 24.3 Å². The number of rotatable bonds is 2. The predicted octanol–water partition coefficient (Wildman–Crippen LogP) is 3.06. The summed E-state index contributed by atoms with van der Waals surface area (Å²) in [5, 5.41) is 0. The Morgan fingerprint density at radius 1 is 1.44 bits per heavy atom. The number of ether oxygens (including phenoxy) is 1. The van der Waals surface area contributed by atoms with Crippen molar-refractivity contribution in [3.8, 4) is 5.75 Å². The summed E-state index contributed by atoms with van der Waals surface area (Å²) in [5.41, 5.74) is 7.61. The van der Waals surface area contributed by atoms with Crippen molar-refractivity contribution >= 4 is 0 Å². The lowest BCUT2D eigenvalue weighted by atomic mass is 9.73. The van der Waals surface area contributed by atoms with E-state index in [0.717, 1.165) is 24.5 Å². The zero-order chi connectivity index (χ0) is 11.6. The summed E-state index contributed by atoms with van der Waals surface area (Å²) < 4.78 is 5.26. The summed E-state index contributed by atoms with van der Waals surface area (Å²) >= 11 is 0. The molecule has 1 aliphatic carbocycles. The van der Waals surface area contributed by atoms with Crippen molar-refractivity contribution in [2.24, 2.45) is 11.7 Å². The molecular formula is C14H21NO. The Morgan fingerprint density at radius 2 is 2.25 bits per heavy atom. The van der Waals surface area contributed by atoms with Crippen LogP contribution in [0.2, 0.25) is 0 Å². The SMILES string of the molecule is COc1cccc(C2(N)CCCC(C)C2)c1. The fraction of sp³-hybridized carbons (Fsp3) is 0.571. The molecule has 0 aliphatic heterocycles. The molecule has 2 N–H and O–H groups in total. The van der Waals surface area contributed by atoms with Crippen LogP contribution in [0, 0.1) is 5.92 Å². The average molecular weight is 219 g/mol. The van der Waals surface area contributed by atoms with Gasteiger partial charge in [-0.2, -0.15) is 0 Å². The molecule has 0 amide bonds. The van der Waals surface area contributed by atoms with E-state index >= 15 is 0 Å². The van der Waals surface area contributed by atoms with Crippen LogP contribution in [0.25, 0.3) is 0 Å². The van der Waals surface area contributed by atoms with E-state index in [1.807, 2.05) is 12.1 Å².